The van der Waals surface area contributed by atoms with Gasteiger partial charge in [0.1, 0.15) is 5.75 Å². The molecule has 0 aliphatic heterocycles. The second kappa shape index (κ2) is 11.7. The lowest BCUT2D eigenvalue weighted by atomic mass is 9.77. The van der Waals surface area contributed by atoms with Crippen LogP contribution in [0.2, 0.25) is 0 Å². The van der Waals surface area contributed by atoms with Crippen LogP contribution in [0, 0.1) is 17.8 Å². The molecule has 29 heavy (non-hydrogen) atoms. The molecule has 0 amide bonds. The van der Waals surface area contributed by atoms with Crippen molar-refractivity contribution in [1.29, 1.82) is 0 Å². The van der Waals surface area contributed by atoms with Gasteiger partial charge in [-0.1, -0.05) is 69.4 Å². The van der Waals surface area contributed by atoms with Crippen molar-refractivity contribution in [1.82, 2.24) is 0 Å². The Morgan fingerprint density at radius 1 is 0.759 bits per heavy atom. The minimum Gasteiger partial charge on any atom is -0.497 e. The number of ether oxygens (including phenoxy) is 1. The smallest absolute Gasteiger partial charge is 0.118 e. The Morgan fingerprint density at radius 2 is 1.34 bits per heavy atom. The monoisotopic (exact) mass is 388 g/mol. The highest BCUT2D eigenvalue weighted by Gasteiger charge is 2.21. The van der Waals surface area contributed by atoms with Gasteiger partial charge in [-0.2, -0.15) is 0 Å². The van der Waals surface area contributed by atoms with Crippen LogP contribution >= 0.6 is 0 Å². The van der Waals surface area contributed by atoms with Crippen LogP contribution in [0.3, 0.4) is 0 Å². The number of hydrogen-bond acceptors (Lipinski definition) is 1. The predicted molar refractivity (Wildman–Crippen MR) is 123 cm³/mol. The molecule has 0 aromatic heterocycles. The normalized spacial score (nSPS) is 18.7. The maximum absolute atomic E-state index is 5.19. The van der Waals surface area contributed by atoms with Crippen LogP contribution < -0.4 is 4.74 Å². The topological polar surface area (TPSA) is 9.23 Å². The molecule has 2 aromatic carbocycles. The van der Waals surface area contributed by atoms with Crippen molar-refractivity contribution in [2.45, 2.75) is 77.0 Å². The minimum atomic E-state index is 0.745. The zero-order chi connectivity index (χ0) is 20.3. The molecule has 1 aliphatic carbocycles. The summed E-state index contributed by atoms with van der Waals surface area (Å²) in [5.74, 6) is 9.11. The van der Waals surface area contributed by atoms with Gasteiger partial charge in [0.25, 0.3) is 0 Å². The first-order valence-corrected chi connectivity index (χ1v) is 11.5. The van der Waals surface area contributed by atoms with Gasteiger partial charge in [-0.05, 0) is 79.5 Å². The third-order valence-corrected chi connectivity index (χ3v) is 6.39. The van der Waals surface area contributed by atoms with Crippen LogP contribution in [0.1, 0.15) is 93.7 Å². The van der Waals surface area contributed by atoms with Crippen LogP contribution in [0.4, 0.5) is 0 Å². The van der Waals surface area contributed by atoms with Gasteiger partial charge in [0.05, 0.1) is 7.11 Å². The van der Waals surface area contributed by atoms with E-state index in [-0.39, 0.29) is 0 Å². The predicted octanol–water partition coefficient (Wildman–Crippen LogP) is 7.73. The van der Waals surface area contributed by atoms with Crippen molar-refractivity contribution in [3.8, 4) is 17.6 Å². The van der Waals surface area contributed by atoms with Gasteiger partial charge in [0.15, 0.2) is 0 Å². The highest BCUT2D eigenvalue weighted by Crippen LogP contribution is 2.37. The molecule has 2 aromatic rings. The van der Waals surface area contributed by atoms with E-state index in [2.05, 4.69) is 43.0 Å². The van der Waals surface area contributed by atoms with Gasteiger partial charge >= 0.3 is 0 Å². The zero-order valence-electron chi connectivity index (χ0n) is 18.3. The van der Waals surface area contributed by atoms with Crippen LogP contribution in [-0.4, -0.2) is 7.11 Å². The van der Waals surface area contributed by atoms with Crippen LogP contribution in [0.5, 0.6) is 5.75 Å². The zero-order valence-corrected chi connectivity index (χ0v) is 18.3. The van der Waals surface area contributed by atoms with Gasteiger partial charge in [-0.15, -0.1) is 0 Å². The molecule has 0 radical (unpaired) electrons. The van der Waals surface area contributed by atoms with Crippen LogP contribution in [0.25, 0.3) is 0 Å². The van der Waals surface area contributed by atoms with Gasteiger partial charge < -0.3 is 4.74 Å². The van der Waals surface area contributed by atoms with E-state index in [9.17, 15) is 0 Å². The fourth-order valence-electron chi connectivity index (χ4n) is 4.48. The first-order chi connectivity index (χ1) is 14.3. The fraction of sp³-hybridized carbons (Fsp3) is 0.500. The molecule has 1 heteroatoms. The summed E-state index contributed by atoms with van der Waals surface area (Å²) < 4.78 is 5.19. The average molecular weight is 389 g/mol. The summed E-state index contributed by atoms with van der Waals surface area (Å²) in [5, 5.41) is 0. The second-order valence-electron chi connectivity index (χ2n) is 8.52. The highest BCUT2D eigenvalue weighted by molar-refractivity contribution is 5.45. The molecule has 0 bridgehead atoms. The summed E-state index contributed by atoms with van der Waals surface area (Å²) >= 11 is 0. The van der Waals surface area contributed by atoms with E-state index in [1.807, 2.05) is 24.3 Å². The maximum atomic E-state index is 5.19. The largest absolute Gasteiger partial charge is 0.497 e. The molecule has 154 valence electrons. The summed E-state index contributed by atoms with van der Waals surface area (Å²) in [5.41, 5.74) is 3.61. The third kappa shape index (κ3) is 6.97. The van der Waals surface area contributed by atoms with E-state index in [4.69, 9.17) is 4.74 Å². The Labute approximate surface area is 177 Å². The maximum Gasteiger partial charge on any atom is 0.118 e. The quantitative estimate of drug-likeness (QED) is 0.332. The molecule has 0 heterocycles. The first kappa shape index (κ1) is 21.5. The molecule has 0 unspecified atom stereocenters. The summed E-state index contributed by atoms with van der Waals surface area (Å²) in [6, 6.07) is 16.9. The Morgan fingerprint density at radius 3 is 1.93 bits per heavy atom. The number of rotatable bonds is 8. The second-order valence-corrected chi connectivity index (χ2v) is 8.52. The third-order valence-electron chi connectivity index (χ3n) is 6.39. The summed E-state index contributed by atoms with van der Waals surface area (Å²) in [6.07, 6.45) is 14.1. The average Bonchev–Trinajstić information content (AvgIpc) is 2.79. The van der Waals surface area contributed by atoms with E-state index in [1.165, 1.54) is 69.8 Å². The van der Waals surface area contributed by atoms with Crippen molar-refractivity contribution in [3.63, 3.8) is 0 Å². The molecular weight excluding hydrogens is 352 g/mol. The Kier molecular flexibility index (Phi) is 8.69. The van der Waals surface area contributed by atoms with E-state index in [0.717, 1.165) is 28.7 Å². The summed E-state index contributed by atoms with van der Waals surface area (Å²) in [4.78, 5) is 0. The molecule has 1 saturated carbocycles. The highest BCUT2D eigenvalue weighted by atomic mass is 16.5. The minimum absolute atomic E-state index is 0.745. The van der Waals surface area contributed by atoms with E-state index in [0.29, 0.717) is 0 Å². The lowest BCUT2D eigenvalue weighted by Gasteiger charge is -2.29. The Hall–Kier alpha value is -2.20. The van der Waals surface area contributed by atoms with E-state index < -0.39 is 0 Å². The summed E-state index contributed by atoms with van der Waals surface area (Å²) in [7, 11) is 1.68. The van der Waals surface area contributed by atoms with Crippen molar-refractivity contribution in [3.05, 3.63) is 65.2 Å². The first-order valence-electron chi connectivity index (χ1n) is 11.5. The van der Waals surface area contributed by atoms with Crippen LogP contribution in [0.15, 0.2) is 48.5 Å². The van der Waals surface area contributed by atoms with E-state index >= 15 is 0 Å². The fourth-order valence-corrected chi connectivity index (χ4v) is 4.48. The molecule has 1 nitrogen and oxygen atoms in total. The SMILES string of the molecule is CCCCCCC[C@H]1CC[C@H](c2ccc(C#Cc3ccc(OC)cc3)cc2)CC1. The molecule has 0 atom stereocenters. The van der Waals surface area contributed by atoms with Crippen LogP contribution in [-0.2, 0) is 0 Å². The number of hydrogen-bond donors (Lipinski definition) is 0. The van der Waals surface area contributed by atoms with Gasteiger partial charge in [-0.25, -0.2) is 0 Å². The molecule has 3 rings (SSSR count). The van der Waals surface area contributed by atoms with Gasteiger partial charge in [-0.3, -0.25) is 0 Å². The molecule has 0 saturated heterocycles. The van der Waals surface area contributed by atoms with Gasteiger partial charge in [0.2, 0.25) is 0 Å². The van der Waals surface area contributed by atoms with Crippen molar-refractivity contribution in [2.75, 3.05) is 7.11 Å². The molecule has 1 aliphatic rings. The van der Waals surface area contributed by atoms with Crippen molar-refractivity contribution < 1.29 is 4.74 Å². The Balaban J connectivity index is 1.45. The standard InChI is InChI=1S/C28H36O/c1-3-4-5-6-7-8-23-11-17-26(18-12-23)27-19-13-24(14-20-27)9-10-25-15-21-28(29-2)22-16-25/h13-16,19-23,26H,3-8,11-12,17-18H2,1-2H3/t23-,26-. The molecular formula is C28H36O. The number of methoxy groups -OCH3 is 1. The lowest BCUT2D eigenvalue weighted by Crippen LogP contribution is -2.13. The van der Waals surface area contributed by atoms with E-state index in [1.54, 1.807) is 7.11 Å². The lowest BCUT2D eigenvalue weighted by molar-refractivity contribution is 0.302. The van der Waals surface area contributed by atoms with Crippen molar-refractivity contribution >= 4 is 0 Å². The summed E-state index contributed by atoms with van der Waals surface area (Å²) in [6.45, 7) is 2.29. The van der Waals surface area contributed by atoms with Gasteiger partial charge in [0, 0.05) is 11.1 Å². The molecule has 1 fully saturated rings. The molecule has 0 spiro atoms. The molecule has 0 N–H and O–H groups in total. The number of unbranched alkanes of at least 4 members (excludes halogenated alkanes) is 4. The number of benzene rings is 2. The van der Waals surface area contributed by atoms with Crippen molar-refractivity contribution in [2.24, 2.45) is 5.92 Å². The Bertz CT molecular complexity index is 768.